The van der Waals surface area contributed by atoms with Crippen molar-refractivity contribution in [1.29, 1.82) is 0 Å². The van der Waals surface area contributed by atoms with Gasteiger partial charge in [0.2, 0.25) is 0 Å². The first kappa shape index (κ1) is 15.8. The molecule has 1 atom stereocenters. The van der Waals surface area contributed by atoms with Crippen LogP contribution in [0.3, 0.4) is 0 Å². The van der Waals surface area contributed by atoms with Gasteiger partial charge in [0.05, 0.1) is 21.6 Å². The van der Waals surface area contributed by atoms with Crippen LogP contribution in [0.25, 0.3) is 0 Å². The average Bonchev–Trinajstić information content (AvgIpc) is 2.46. The summed E-state index contributed by atoms with van der Waals surface area (Å²) in [5, 5.41) is 20.9. The van der Waals surface area contributed by atoms with Crippen LogP contribution in [-0.4, -0.2) is 10.0 Å². The molecule has 0 fully saturated rings. The lowest BCUT2D eigenvalue weighted by molar-refractivity contribution is -0.385. The van der Waals surface area contributed by atoms with Gasteiger partial charge in [0.25, 0.3) is 5.69 Å². The highest BCUT2D eigenvalue weighted by Gasteiger charge is 2.16. The molecule has 0 amide bonds. The molecule has 0 aromatic heterocycles. The summed E-state index contributed by atoms with van der Waals surface area (Å²) >= 11 is 7.52. The molecule has 0 aliphatic rings. The molecule has 1 unspecified atom stereocenters. The van der Waals surface area contributed by atoms with Gasteiger partial charge in [0.1, 0.15) is 0 Å². The molecule has 0 radical (unpaired) electrons. The zero-order valence-electron chi connectivity index (χ0n) is 11.3. The Morgan fingerprint density at radius 3 is 2.52 bits per heavy atom. The van der Waals surface area contributed by atoms with Gasteiger partial charge in [-0.3, -0.25) is 10.1 Å². The number of aliphatic hydroxyl groups excluding tert-OH is 1. The molecule has 0 bridgehead atoms. The second-order valence-electron chi connectivity index (χ2n) is 4.53. The molecule has 0 saturated carbocycles. The van der Waals surface area contributed by atoms with E-state index in [1.54, 1.807) is 19.1 Å². The van der Waals surface area contributed by atoms with Gasteiger partial charge in [-0.1, -0.05) is 29.8 Å². The van der Waals surface area contributed by atoms with E-state index in [1.165, 1.54) is 17.8 Å². The SMILES string of the molecule is CC(O)c1ccc(SCc2c(Cl)cccc2[N+](=O)[O-])cc1. The van der Waals surface area contributed by atoms with Gasteiger partial charge in [-0.15, -0.1) is 11.8 Å². The van der Waals surface area contributed by atoms with E-state index in [1.807, 2.05) is 24.3 Å². The molecule has 2 aromatic rings. The minimum atomic E-state index is -0.506. The van der Waals surface area contributed by atoms with Crippen LogP contribution in [-0.2, 0) is 5.75 Å². The standard InChI is InChI=1S/C15H14ClNO3S/c1-10(18)11-5-7-12(8-6-11)21-9-13-14(16)3-2-4-15(13)17(19)20/h2-8,10,18H,9H2,1H3. The van der Waals surface area contributed by atoms with E-state index in [4.69, 9.17) is 11.6 Å². The van der Waals surface area contributed by atoms with Crippen LogP contribution in [0.4, 0.5) is 5.69 Å². The molecule has 0 aliphatic carbocycles. The van der Waals surface area contributed by atoms with Crippen molar-refractivity contribution in [2.24, 2.45) is 0 Å². The van der Waals surface area contributed by atoms with Crippen molar-refractivity contribution < 1.29 is 10.0 Å². The third kappa shape index (κ3) is 3.97. The number of rotatable bonds is 5. The summed E-state index contributed by atoms with van der Waals surface area (Å²) in [5.74, 6) is 0.421. The van der Waals surface area contributed by atoms with Crippen LogP contribution >= 0.6 is 23.4 Å². The van der Waals surface area contributed by atoms with Gasteiger partial charge < -0.3 is 5.11 Å². The largest absolute Gasteiger partial charge is 0.389 e. The highest BCUT2D eigenvalue weighted by atomic mass is 35.5. The molecule has 6 heteroatoms. The number of nitro groups is 1. The first-order chi connectivity index (χ1) is 9.99. The monoisotopic (exact) mass is 323 g/mol. The van der Waals surface area contributed by atoms with Crippen molar-refractivity contribution in [2.45, 2.75) is 23.7 Å². The quantitative estimate of drug-likeness (QED) is 0.496. The number of nitrogens with zero attached hydrogens (tertiary/aromatic N) is 1. The van der Waals surface area contributed by atoms with Crippen LogP contribution in [0.1, 0.15) is 24.2 Å². The lowest BCUT2D eigenvalue weighted by Gasteiger charge is -2.07. The number of thioether (sulfide) groups is 1. The first-order valence-electron chi connectivity index (χ1n) is 6.31. The maximum Gasteiger partial charge on any atom is 0.274 e. The summed E-state index contributed by atoms with van der Waals surface area (Å²) in [7, 11) is 0. The summed E-state index contributed by atoms with van der Waals surface area (Å²) in [6, 6.07) is 12.1. The van der Waals surface area contributed by atoms with Gasteiger partial charge in [0.15, 0.2) is 0 Å². The van der Waals surface area contributed by atoms with Crippen LogP contribution in [0, 0.1) is 10.1 Å². The minimum Gasteiger partial charge on any atom is -0.389 e. The van der Waals surface area contributed by atoms with Gasteiger partial charge in [0, 0.05) is 16.7 Å². The Balaban J connectivity index is 2.15. The van der Waals surface area contributed by atoms with E-state index in [9.17, 15) is 15.2 Å². The van der Waals surface area contributed by atoms with E-state index in [-0.39, 0.29) is 5.69 Å². The summed E-state index contributed by atoms with van der Waals surface area (Å²) in [5.41, 5.74) is 1.40. The first-order valence-corrected chi connectivity index (χ1v) is 7.68. The smallest absolute Gasteiger partial charge is 0.274 e. The molecule has 2 aromatic carbocycles. The van der Waals surface area contributed by atoms with E-state index < -0.39 is 11.0 Å². The molecule has 0 heterocycles. The van der Waals surface area contributed by atoms with Gasteiger partial charge in [-0.25, -0.2) is 0 Å². The van der Waals surface area contributed by atoms with E-state index in [0.717, 1.165) is 10.5 Å². The summed E-state index contributed by atoms with van der Waals surface area (Å²) in [6.45, 7) is 1.70. The van der Waals surface area contributed by atoms with Gasteiger partial charge in [-0.05, 0) is 30.7 Å². The second kappa shape index (κ2) is 6.93. The predicted octanol–water partition coefficient (Wildman–Crippen LogP) is 4.59. The summed E-state index contributed by atoms with van der Waals surface area (Å²) in [6.07, 6.45) is -0.506. The second-order valence-corrected chi connectivity index (χ2v) is 5.98. The topological polar surface area (TPSA) is 63.4 Å². The van der Waals surface area contributed by atoms with Crippen LogP contribution in [0.5, 0.6) is 0 Å². The number of nitro benzene ring substituents is 1. The molecule has 0 aliphatic heterocycles. The minimum absolute atomic E-state index is 0.0376. The van der Waals surface area contributed by atoms with E-state index in [0.29, 0.717) is 16.3 Å². The molecule has 0 spiro atoms. The van der Waals surface area contributed by atoms with Crippen molar-refractivity contribution in [2.75, 3.05) is 0 Å². The fourth-order valence-electron chi connectivity index (χ4n) is 1.86. The third-order valence-corrected chi connectivity index (χ3v) is 4.43. The number of benzene rings is 2. The van der Waals surface area contributed by atoms with E-state index in [2.05, 4.69) is 0 Å². The molecule has 4 nitrogen and oxygen atoms in total. The zero-order valence-corrected chi connectivity index (χ0v) is 12.9. The van der Waals surface area contributed by atoms with Crippen molar-refractivity contribution in [3.8, 4) is 0 Å². The molecule has 2 rings (SSSR count). The Labute approximate surface area is 131 Å². The van der Waals surface area contributed by atoms with Gasteiger partial charge in [-0.2, -0.15) is 0 Å². The number of aliphatic hydroxyl groups is 1. The van der Waals surface area contributed by atoms with Crippen molar-refractivity contribution in [1.82, 2.24) is 0 Å². The summed E-state index contributed by atoms with van der Waals surface area (Å²) in [4.78, 5) is 11.6. The van der Waals surface area contributed by atoms with Crippen molar-refractivity contribution >= 4 is 29.1 Å². The highest BCUT2D eigenvalue weighted by Crippen LogP contribution is 2.33. The molecule has 110 valence electrons. The molecular formula is C15H14ClNO3S. The van der Waals surface area contributed by atoms with E-state index >= 15 is 0 Å². The molecular weight excluding hydrogens is 310 g/mol. The number of hydrogen-bond donors (Lipinski definition) is 1. The Hall–Kier alpha value is -1.56. The highest BCUT2D eigenvalue weighted by molar-refractivity contribution is 7.98. The number of hydrogen-bond acceptors (Lipinski definition) is 4. The third-order valence-electron chi connectivity index (χ3n) is 3.04. The Morgan fingerprint density at radius 2 is 1.95 bits per heavy atom. The lowest BCUT2D eigenvalue weighted by Crippen LogP contribution is -1.95. The molecule has 0 saturated heterocycles. The molecule has 21 heavy (non-hydrogen) atoms. The zero-order chi connectivity index (χ0) is 15.4. The van der Waals surface area contributed by atoms with Crippen molar-refractivity contribution in [3.63, 3.8) is 0 Å². The molecule has 1 N–H and O–H groups in total. The van der Waals surface area contributed by atoms with Crippen LogP contribution in [0.2, 0.25) is 5.02 Å². The normalized spacial score (nSPS) is 12.1. The average molecular weight is 324 g/mol. The maximum absolute atomic E-state index is 11.0. The number of halogens is 1. The van der Waals surface area contributed by atoms with Crippen LogP contribution in [0.15, 0.2) is 47.4 Å². The van der Waals surface area contributed by atoms with Crippen molar-refractivity contribution in [3.05, 3.63) is 68.7 Å². The summed E-state index contributed by atoms with van der Waals surface area (Å²) < 4.78 is 0. The fourth-order valence-corrected chi connectivity index (χ4v) is 3.12. The van der Waals surface area contributed by atoms with Gasteiger partial charge >= 0.3 is 0 Å². The Bertz CT molecular complexity index is 644. The predicted molar refractivity (Wildman–Crippen MR) is 84.7 cm³/mol. The van der Waals surface area contributed by atoms with Crippen LogP contribution < -0.4 is 0 Å². The fraction of sp³-hybridized carbons (Fsp3) is 0.200. The lowest BCUT2D eigenvalue weighted by atomic mass is 10.1. The Kier molecular flexibility index (Phi) is 5.22. The maximum atomic E-state index is 11.0. The Morgan fingerprint density at radius 1 is 1.29 bits per heavy atom.